The number of methoxy groups -OCH3 is 2. The third kappa shape index (κ3) is 5.37. The molecule has 8 nitrogen and oxygen atoms in total. The quantitative estimate of drug-likeness (QED) is 0.682. The number of hydrogen-bond acceptors (Lipinski definition) is 6. The maximum atomic E-state index is 12.4. The van der Waals surface area contributed by atoms with E-state index in [4.69, 9.17) is 16.3 Å². The Morgan fingerprint density at radius 3 is 2.29 bits per heavy atom. The molecule has 0 aliphatic carbocycles. The molecular formula is C18H19ClN2O6S. The molecule has 0 spiro atoms. The average Bonchev–Trinajstić information content (AvgIpc) is 2.66. The van der Waals surface area contributed by atoms with E-state index in [-0.39, 0.29) is 16.3 Å². The summed E-state index contributed by atoms with van der Waals surface area (Å²) in [6.07, 6.45) is 1.00. The van der Waals surface area contributed by atoms with E-state index in [2.05, 4.69) is 10.1 Å². The van der Waals surface area contributed by atoms with Gasteiger partial charge in [0, 0.05) is 5.69 Å². The zero-order chi connectivity index (χ0) is 20.9. The summed E-state index contributed by atoms with van der Waals surface area (Å²) in [6, 6.07) is 10.5. The number of nitrogens with zero attached hydrogens (tertiary/aromatic N) is 1. The van der Waals surface area contributed by atoms with Gasteiger partial charge in [-0.3, -0.25) is 9.10 Å². The predicted molar refractivity (Wildman–Crippen MR) is 107 cm³/mol. The Morgan fingerprint density at radius 2 is 1.75 bits per heavy atom. The van der Waals surface area contributed by atoms with Gasteiger partial charge in [-0.05, 0) is 42.5 Å². The van der Waals surface area contributed by atoms with Gasteiger partial charge in [0.1, 0.15) is 12.3 Å². The molecule has 2 aromatic carbocycles. The molecule has 0 saturated heterocycles. The Hall–Kier alpha value is -2.78. The molecule has 0 unspecified atom stereocenters. The van der Waals surface area contributed by atoms with Crippen LogP contribution < -0.4 is 14.4 Å². The lowest BCUT2D eigenvalue weighted by Gasteiger charge is -2.22. The summed E-state index contributed by atoms with van der Waals surface area (Å²) in [5.41, 5.74) is 0.667. The number of nitrogens with one attached hydrogen (secondary N) is 1. The van der Waals surface area contributed by atoms with Crippen LogP contribution in [0.15, 0.2) is 42.5 Å². The highest BCUT2D eigenvalue weighted by Gasteiger charge is 2.21. The van der Waals surface area contributed by atoms with Gasteiger partial charge < -0.3 is 14.8 Å². The Bertz CT molecular complexity index is 976. The number of sulfonamides is 1. The summed E-state index contributed by atoms with van der Waals surface area (Å²) in [6.45, 7) is -0.457. The van der Waals surface area contributed by atoms with Crippen LogP contribution in [0, 0.1) is 0 Å². The van der Waals surface area contributed by atoms with Crippen LogP contribution in [0.5, 0.6) is 5.75 Å². The van der Waals surface area contributed by atoms with Crippen molar-refractivity contribution in [2.45, 2.75) is 0 Å². The van der Waals surface area contributed by atoms with Crippen molar-refractivity contribution >= 4 is 44.9 Å². The molecule has 0 aromatic heterocycles. The van der Waals surface area contributed by atoms with Crippen LogP contribution in [0.4, 0.5) is 11.4 Å². The molecule has 150 valence electrons. The number of benzene rings is 2. The van der Waals surface area contributed by atoms with E-state index < -0.39 is 28.4 Å². The Kier molecular flexibility index (Phi) is 6.87. The van der Waals surface area contributed by atoms with E-state index >= 15 is 0 Å². The molecule has 0 saturated carbocycles. The number of amides is 1. The maximum absolute atomic E-state index is 12.4. The monoisotopic (exact) mass is 426 g/mol. The van der Waals surface area contributed by atoms with Gasteiger partial charge in [0.25, 0.3) is 0 Å². The fourth-order valence-corrected chi connectivity index (χ4v) is 3.40. The van der Waals surface area contributed by atoms with Gasteiger partial charge in [-0.25, -0.2) is 13.2 Å². The van der Waals surface area contributed by atoms with E-state index in [0.29, 0.717) is 11.4 Å². The zero-order valence-corrected chi connectivity index (χ0v) is 17.0. The lowest BCUT2D eigenvalue weighted by Crippen LogP contribution is -2.37. The Labute approximate surface area is 168 Å². The highest BCUT2D eigenvalue weighted by atomic mass is 35.5. The van der Waals surface area contributed by atoms with Crippen LogP contribution in [0.1, 0.15) is 10.4 Å². The van der Waals surface area contributed by atoms with Crippen LogP contribution in [0.3, 0.4) is 0 Å². The first-order valence-corrected chi connectivity index (χ1v) is 10.2. The summed E-state index contributed by atoms with van der Waals surface area (Å²) >= 11 is 5.94. The summed E-state index contributed by atoms with van der Waals surface area (Å²) in [4.78, 5) is 24.1. The van der Waals surface area contributed by atoms with Crippen molar-refractivity contribution in [2.75, 3.05) is 36.6 Å². The Balaban J connectivity index is 2.21. The normalized spacial score (nSPS) is 10.9. The molecule has 0 heterocycles. The number of ether oxygens (including phenoxy) is 2. The second kappa shape index (κ2) is 8.94. The van der Waals surface area contributed by atoms with Crippen molar-refractivity contribution in [1.29, 1.82) is 0 Å². The first-order valence-electron chi connectivity index (χ1n) is 7.95. The van der Waals surface area contributed by atoms with E-state index in [1.165, 1.54) is 44.6 Å². The summed E-state index contributed by atoms with van der Waals surface area (Å²) in [7, 11) is -1.02. The van der Waals surface area contributed by atoms with Crippen molar-refractivity contribution < 1.29 is 27.5 Å². The van der Waals surface area contributed by atoms with Crippen LogP contribution >= 0.6 is 11.6 Å². The standard InChI is InChI=1S/C18H19ClN2O6S/c1-26-14-7-5-13(6-8-14)21(28(3,24)25)11-17(22)20-12-4-9-16(19)15(10-12)18(23)27-2/h4-10H,11H2,1-3H3,(H,20,22). The number of carbonyl (C=O) groups excluding carboxylic acids is 2. The molecule has 1 amide bonds. The van der Waals surface area contributed by atoms with Gasteiger partial charge in [0.05, 0.1) is 36.7 Å². The minimum Gasteiger partial charge on any atom is -0.497 e. The minimum absolute atomic E-state index is 0.0806. The molecule has 10 heteroatoms. The highest BCUT2D eigenvalue weighted by Crippen LogP contribution is 2.23. The molecule has 2 aromatic rings. The summed E-state index contributed by atoms with van der Waals surface area (Å²) in [5, 5.41) is 2.71. The number of anilines is 2. The molecule has 0 radical (unpaired) electrons. The van der Waals surface area contributed by atoms with Crippen LogP contribution in [0.25, 0.3) is 0 Å². The zero-order valence-electron chi connectivity index (χ0n) is 15.4. The van der Waals surface area contributed by atoms with Gasteiger partial charge >= 0.3 is 5.97 Å². The second-order valence-electron chi connectivity index (χ2n) is 5.70. The van der Waals surface area contributed by atoms with E-state index in [9.17, 15) is 18.0 Å². The maximum Gasteiger partial charge on any atom is 0.339 e. The van der Waals surface area contributed by atoms with Crippen LogP contribution in [0.2, 0.25) is 5.02 Å². The molecule has 0 bridgehead atoms. The number of carbonyl (C=O) groups is 2. The smallest absolute Gasteiger partial charge is 0.339 e. The molecule has 28 heavy (non-hydrogen) atoms. The SMILES string of the molecule is COC(=O)c1cc(NC(=O)CN(c2ccc(OC)cc2)S(C)(=O)=O)ccc1Cl. The molecule has 0 fully saturated rings. The fourth-order valence-electron chi connectivity index (χ4n) is 2.35. The highest BCUT2D eigenvalue weighted by molar-refractivity contribution is 7.92. The number of halogens is 1. The van der Waals surface area contributed by atoms with Crippen molar-refractivity contribution in [3.8, 4) is 5.75 Å². The lowest BCUT2D eigenvalue weighted by atomic mass is 10.2. The van der Waals surface area contributed by atoms with Crippen molar-refractivity contribution in [3.05, 3.63) is 53.1 Å². The third-order valence-electron chi connectivity index (χ3n) is 3.70. The first-order chi connectivity index (χ1) is 13.2. The van der Waals surface area contributed by atoms with E-state index in [0.717, 1.165) is 10.6 Å². The van der Waals surface area contributed by atoms with Crippen molar-refractivity contribution in [1.82, 2.24) is 0 Å². The molecule has 0 atom stereocenters. The van der Waals surface area contributed by atoms with Gasteiger partial charge in [-0.2, -0.15) is 0 Å². The van der Waals surface area contributed by atoms with Gasteiger partial charge in [0.2, 0.25) is 15.9 Å². The van der Waals surface area contributed by atoms with E-state index in [1.807, 2.05) is 0 Å². The number of esters is 1. The van der Waals surface area contributed by atoms with Crippen molar-refractivity contribution in [3.63, 3.8) is 0 Å². The van der Waals surface area contributed by atoms with Crippen LogP contribution in [-0.4, -0.2) is 47.3 Å². The molecule has 0 aliphatic rings. The van der Waals surface area contributed by atoms with Crippen molar-refractivity contribution in [2.24, 2.45) is 0 Å². The predicted octanol–water partition coefficient (Wildman–Crippen LogP) is 2.54. The number of rotatable bonds is 7. The third-order valence-corrected chi connectivity index (χ3v) is 5.17. The van der Waals surface area contributed by atoms with Gasteiger partial charge in [-0.1, -0.05) is 11.6 Å². The topological polar surface area (TPSA) is 102 Å². The molecular weight excluding hydrogens is 408 g/mol. The second-order valence-corrected chi connectivity index (χ2v) is 8.02. The van der Waals surface area contributed by atoms with Crippen LogP contribution in [-0.2, 0) is 19.6 Å². The Morgan fingerprint density at radius 1 is 1.11 bits per heavy atom. The summed E-state index contributed by atoms with van der Waals surface area (Å²) in [5.74, 6) is -0.699. The van der Waals surface area contributed by atoms with E-state index in [1.54, 1.807) is 12.1 Å². The average molecular weight is 427 g/mol. The van der Waals surface area contributed by atoms with Gasteiger partial charge in [0.15, 0.2) is 0 Å². The largest absolute Gasteiger partial charge is 0.497 e. The number of hydrogen-bond donors (Lipinski definition) is 1. The molecule has 2 rings (SSSR count). The fraction of sp³-hybridized carbons (Fsp3) is 0.222. The lowest BCUT2D eigenvalue weighted by molar-refractivity contribution is -0.114. The summed E-state index contributed by atoms with van der Waals surface area (Å²) < 4.78 is 34.9. The molecule has 1 N–H and O–H groups in total. The molecule has 0 aliphatic heterocycles. The first kappa shape index (κ1) is 21.5. The minimum atomic E-state index is -3.72. The van der Waals surface area contributed by atoms with Gasteiger partial charge in [-0.15, -0.1) is 0 Å².